The van der Waals surface area contributed by atoms with Crippen molar-refractivity contribution in [2.75, 3.05) is 13.1 Å². The second kappa shape index (κ2) is 8.76. The Morgan fingerprint density at radius 2 is 1.93 bits per heavy atom. The van der Waals surface area contributed by atoms with Crippen LogP contribution in [0.3, 0.4) is 0 Å². The molecule has 3 aliphatic rings. The van der Waals surface area contributed by atoms with Crippen LogP contribution in [0, 0.1) is 0 Å². The lowest BCUT2D eigenvalue weighted by molar-refractivity contribution is -0.394. The molecule has 1 aromatic carbocycles. The molecule has 1 saturated carbocycles. The van der Waals surface area contributed by atoms with Gasteiger partial charge in [0.15, 0.2) is 6.04 Å². The second-order valence-electron chi connectivity index (χ2n) is 8.47. The lowest BCUT2D eigenvalue weighted by Gasteiger charge is -2.39. The molecule has 0 spiro atoms. The number of aliphatic hydroxyl groups is 1. The number of amides is 2. The fourth-order valence-corrected chi connectivity index (χ4v) is 5.14. The summed E-state index contributed by atoms with van der Waals surface area (Å²) in [6.07, 6.45) is 5.54. The predicted octanol–water partition coefficient (Wildman–Crippen LogP) is 1.40. The van der Waals surface area contributed by atoms with Crippen LogP contribution in [0.1, 0.15) is 68.3 Å². The fourth-order valence-electron chi connectivity index (χ4n) is 5.14. The molecule has 0 saturated heterocycles. The van der Waals surface area contributed by atoms with Crippen molar-refractivity contribution in [3.63, 3.8) is 0 Å². The zero-order valence-electron chi connectivity index (χ0n) is 17.9. The zero-order chi connectivity index (χ0) is 21.3. The van der Waals surface area contributed by atoms with E-state index in [1.807, 2.05) is 18.2 Å². The lowest BCUT2D eigenvalue weighted by atomic mass is 9.91. The van der Waals surface area contributed by atoms with Crippen molar-refractivity contribution in [2.24, 2.45) is 0 Å². The molecule has 1 fully saturated rings. The predicted molar refractivity (Wildman–Crippen MR) is 113 cm³/mol. The fraction of sp³-hybridized carbons (Fsp3) is 0.609. The molecule has 0 aromatic heterocycles. The van der Waals surface area contributed by atoms with Crippen molar-refractivity contribution in [1.82, 2.24) is 9.80 Å². The third-order valence-electron chi connectivity index (χ3n) is 6.75. The molecule has 0 radical (unpaired) electrons. The van der Waals surface area contributed by atoms with E-state index in [0.29, 0.717) is 31.0 Å². The van der Waals surface area contributed by atoms with Gasteiger partial charge in [-0.25, -0.2) is 4.79 Å². The summed E-state index contributed by atoms with van der Waals surface area (Å²) in [7, 11) is 0. The highest BCUT2D eigenvalue weighted by Crippen LogP contribution is 2.32. The number of rotatable bonds is 6. The summed E-state index contributed by atoms with van der Waals surface area (Å²) < 4.78 is 6.45. The average Bonchev–Trinajstić information content (AvgIpc) is 3.06. The molecule has 2 amide bonds. The van der Waals surface area contributed by atoms with Gasteiger partial charge >= 0.3 is 11.8 Å². The summed E-state index contributed by atoms with van der Waals surface area (Å²) >= 11 is 0. The minimum Gasteiger partial charge on any atom is -0.489 e. The minimum absolute atomic E-state index is 0.108. The molecule has 162 valence electrons. The molecule has 2 aliphatic heterocycles. The van der Waals surface area contributed by atoms with Gasteiger partial charge < -0.3 is 14.7 Å². The SMILES string of the molecule is CCN(CC)[C@H]1CCCC[C@@H]1Oc1ccc2c(c1)CN(C1CCC(=O)[NH+]=C1O)C2=O. The summed E-state index contributed by atoms with van der Waals surface area (Å²) in [6.45, 7) is 6.86. The van der Waals surface area contributed by atoms with E-state index in [0.717, 1.165) is 37.2 Å². The molecule has 2 heterocycles. The molecule has 1 unspecified atom stereocenters. The van der Waals surface area contributed by atoms with Crippen LogP contribution in [-0.2, 0) is 11.3 Å². The molecule has 7 heteroatoms. The smallest absolute Gasteiger partial charge is 0.388 e. The molecular formula is C23H32N3O4+. The number of hydrogen-bond acceptors (Lipinski definition) is 4. The molecule has 0 bridgehead atoms. The maximum absolute atomic E-state index is 12.9. The number of hydrogen-bond donors (Lipinski definition) is 2. The first-order valence-electron chi connectivity index (χ1n) is 11.2. The zero-order valence-corrected chi connectivity index (χ0v) is 17.9. The van der Waals surface area contributed by atoms with Gasteiger partial charge in [-0.05, 0) is 62.5 Å². The largest absolute Gasteiger partial charge is 0.489 e. The number of ether oxygens (including phenoxy) is 1. The van der Waals surface area contributed by atoms with E-state index in [2.05, 4.69) is 23.7 Å². The van der Waals surface area contributed by atoms with E-state index in [1.165, 1.54) is 12.8 Å². The van der Waals surface area contributed by atoms with Gasteiger partial charge in [-0.3, -0.25) is 9.69 Å². The van der Waals surface area contributed by atoms with Gasteiger partial charge in [-0.1, -0.05) is 20.3 Å². The van der Waals surface area contributed by atoms with Crippen LogP contribution in [0.5, 0.6) is 5.75 Å². The van der Waals surface area contributed by atoms with Crippen LogP contribution in [-0.4, -0.2) is 63.9 Å². The summed E-state index contributed by atoms with van der Waals surface area (Å²) in [5.41, 5.74) is 1.56. The number of carbonyl (C=O) groups is 2. The van der Waals surface area contributed by atoms with Crippen LogP contribution in [0.4, 0.5) is 0 Å². The van der Waals surface area contributed by atoms with Gasteiger partial charge in [0, 0.05) is 18.2 Å². The summed E-state index contributed by atoms with van der Waals surface area (Å²) in [5, 5.41) is 10.2. The van der Waals surface area contributed by atoms with Crippen molar-refractivity contribution in [2.45, 2.75) is 77.1 Å². The number of carbonyl (C=O) groups excluding carboxylic acids is 2. The van der Waals surface area contributed by atoms with Crippen LogP contribution in [0.25, 0.3) is 0 Å². The van der Waals surface area contributed by atoms with Gasteiger partial charge in [0.2, 0.25) is 0 Å². The first-order valence-corrected chi connectivity index (χ1v) is 11.2. The molecule has 1 aliphatic carbocycles. The second-order valence-corrected chi connectivity index (χ2v) is 8.47. The van der Waals surface area contributed by atoms with Gasteiger partial charge in [0.1, 0.15) is 11.9 Å². The number of nitrogens with one attached hydrogen (secondary N) is 1. The first kappa shape index (κ1) is 20.8. The van der Waals surface area contributed by atoms with Crippen molar-refractivity contribution < 1.29 is 24.4 Å². The van der Waals surface area contributed by atoms with E-state index in [4.69, 9.17) is 4.74 Å². The van der Waals surface area contributed by atoms with E-state index in [-0.39, 0.29) is 23.8 Å². The molecule has 2 N–H and O–H groups in total. The standard InChI is InChI=1S/C23H31N3O4/c1-3-25(4-2)18-7-5-6-8-20(18)30-16-9-10-17-15(13-16)14-26(23(17)29)19-11-12-21(27)24-22(19)28/h9-10,13,18-20H,3-8,11-12,14H2,1-2H3,(H,24,27,28)/p+1/t18-,19?,20-/m0/s1. The Labute approximate surface area is 177 Å². The van der Waals surface area contributed by atoms with Crippen LogP contribution < -0.4 is 9.73 Å². The number of fused-ring (bicyclic) bond motifs is 1. The summed E-state index contributed by atoms with van der Waals surface area (Å²) in [6, 6.07) is 5.65. The molecule has 4 rings (SSSR count). The maximum atomic E-state index is 12.9. The molecule has 1 aromatic rings. The van der Waals surface area contributed by atoms with Crippen molar-refractivity contribution >= 4 is 17.7 Å². The van der Waals surface area contributed by atoms with Crippen LogP contribution in [0.15, 0.2) is 18.2 Å². The average molecular weight is 415 g/mol. The Morgan fingerprint density at radius 1 is 1.17 bits per heavy atom. The normalized spacial score (nSPS) is 26.7. The highest BCUT2D eigenvalue weighted by atomic mass is 16.5. The quantitative estimate of drug-likeness (QED) is 0.735. The highest BCUT2D eigenvalue weighted by molar-refractivity contribution is 6.01. The first-order chi connectivity index (χ1) is 14.5. The molecule has 3 atom stereocenters. The Bertz CT molecular complexity index is 849. The minimum atomic E-state index is -0.475. The van der Waals surface area contributed by atoms with Crippen molar-refractivity contribution in [1.29, 1.82) is 0 Å². The number of aliphatic hydroxyl groups excluding tert-OH is 1. The summed E-state index contributed by atoms with van der Waals surface area (Å²) in [5.74, 6) is 0.354. The number of benzene rings is 1. The number of nitrogens with zero attached hydrogens (tertiary/aromatic N) is 2. The van der Waals surface area contributed by atoms with Crippen molar-refractivity contribution in [3.8, 4) is 5.75 Å². The highest BCUT2D eigenvalue weighted by Gasteiger charge is 2.41. The van der Waals surface area contributed by atoms with Gasteiger partial charge in [0.25, 0.3) is 5.91 Å². The maximum Gasteiger partial charge on any atom is 0.388 e. The monoisotopic (exact) mass is 414 g/mol. The van der Waals surface area contributed by atoms with Gasteiger partial charge in [0.05, 0.1) is 6.42 Å². The van der Waals surface area contributed by atoms with Crippen LogP contribution in [0.2, 0.25) is 0 Å². The van der Waals surface area contributed by atoms with E-state index in [9.17, 15) is 14.7 Å². The molecule has 30 heavy (non-hydrogen) atoms. The van der Waals surface area contributed by atoms with Gasteiger partial charge in [-0.15, -0.1) is 4.99 Å². The third-order valence-corrected chi connectivity index (χ3v) is 6.75. The Hall–Kier alpha value is -2.41. The van der Waals surface area contributed by atoms with E-state index >= 15 is 0 Å². The lowest BCUT2D eigenvalue weighted by Crippen LogP contribution is -2.82. The van der Waals surface area contributed by atoms with E-state index < -0.39 is 6.04 Å². The molecular weight excluding hydrogens is 382 g/mol. The number of likely N-dealkylation sites (N-methyl/N-ethyl adjacent to an activating group) is 1. The summed E-state index contributed by atoms with van der Waals surface area (Å²) in [4.78, 5) is 30.9. The third kappa shape index (κ3) is 3.95. The van der Waals surface area contributed by atoms with Crippen LogP contribution >= 0.6 is 0 Å². The Morgan fingerprint density at radius 3 is 2.67 bits per heavy atom. The van der Waals surface area contributed by atoms with E-state index in [1.54, 1.807) is 4.90 Å². The topological polar surface area (TPSA) is 84.1 Å². The van der Waals surface area contributed by atoms with Gasteiger partial charge in [-0.2, -0.15) is 0 Å². The Balaban J connectivity index is 1.50. The van der Waals surface area contributed by atoms with Crippen molar-refractivity contribution in [3.05, 3.63) is 29.3 Å². The Kier molecular flexibility index (Phi) is 6.09. The molecule has 7 nitrogen and oxygen atoms in total.